The molecular weight excluding hydrogens is 255 g/mol. The Hall–Kier alpha value is 0.650. The lowest BCUT2D eigenvalue weighted by molar-refractivity contribution is -0.132. The van der Waals surface area contributed by atoms with Crippen LogP contribution in [0.3, 0.4) is 0 Å². The number of ether oxygens (including phenoxy) is 2. The van der Waals surface area contributed by atoms with E-state index in [1.54, 1.807) is 0 Å². The number of rotatable bonds is 6. The minimum Gasteiger partial charge on any atom is -0.353 e. The van der Waals surface area contributed by atoms with E-state index in [1.807, 2.05) is 13.8 Å². The van der Waals surface area contributed by atoms with Gasteiger partial charge in [0, 0.05) is 11.0 Å². The van der Waals surface area contributed by atoms with Gasteiger partial charge in [-0.15, -0.1) is 0 Å². The van der Waals surface area contributed by atoms with Gasteiger partial charge in [-0.3, -0.25) is 0 Å². The molecule has 0 aliphatic rings. The lowest BCUT2D eigenvalue weighted by Crippen LogP contribution is -2.17. The monoisotopic (exact) mass is 272 g/mol. The molecule has 11 heavy (non-hydrogen) atoms. The van der Waals surface area contributed by atoms with Crippen molar-refractivity contribution in [2.75, 3.05) is 17.6 Å². The van der Waals surface area contributed by atoms with Crippen LogP contribution in [0.5, 0.6) is 0 Å². The first-order chi connectivity index (χ1) is 5.20. The molecule has 0 amide bonds. The Kier molecular flexibility index (Phi) is 7.74. The Morgan fingerprint density at radius 3 is 2.36 bits per heavy atom. The highest BCUT2D eigenvalue weighted by Crippen LogP contribution is 2.03. The first kappa shape index (κ1) is 11.6. The normalized spacial score (nSPS) is 16.4. The topological polar surface area (TPSA) is 18.5 Å². The van der Waals surface area contributed by atoms with Crippen molar-refractivity contribution < 1.29 is 9.47 Å². The molecule has 0 rings (SSSR count). The summed E-state index contributed by atoms with van der Waals surface area (Å²) in [6, 6.07) is 0. The fourth-order valence-electron chi connectivity index (χ4n) is 0.627. The average molecular weight is 272 g/mol. The van der Waals surface area contributed by atoms with Crippen LogP contribution in [0, 0.1) is 5.92 Å². The van der Waals surface area contributed by atoms with E-state index in [-0.39, 0.29) is 6.29 Å². The molecule has 0 spiro atoms. The number of hydrogen-bond donors (Lipinski definition) is 0. The van der Waals surface area contributed by atoms with Crippen molar-refractivity contribution in [3.63, 3.8) is 0 Å². The highest BCUT2D eigenvalue weighted by Gasteiger charge is 2.03. The second-order valence-electron chi connectivity index (χ2n) is 2.62. The van der Waals surface area contributed by atoms with Crippen molar-refractivity contribution in [2.24, 2.45) is 5.92 Å². The van der Waals surface area contributed by atoms with Crippen molar-refractivity contribution in [2.45, 2.75) is 27.1 Å². The SMILES string of the molecule is CCOC(C)OC[C@H](C)CI. The quantitative estimate of drug-likeness (QED) is 0.420. The Morgan fingerprint density at radius 1 is 1.27 bits per heavy atom. The fraction of sp³-hybridized carbons (Fsp3) is 1.00. The predicted molar refractivity (Wildman–Crippen MR) is 55.1 cm³/mol. The molecule has 0 aliphatic heterocycles. The first-order valence-electron chi connectivity index (χ1n) is 3.99. The van der Waals surface area contributed by atoms with Crippen LogP contribution in [0.25, 0.3) is 0 Å². The van der Waals surface area contributed by atoms with Gasteiger partial charge in [0.1, 0.15) is 0 Å². The van der Waals surface area contributed by atoms with Gasteiger partial charge in [-0.05, 0) is 19.8 Å². The number of hydrogen-bond acceptors (Lipinski definition) is 2. The number of alkyl halides is 1. The third kappa shape index (κ3) is 7.03. The van der Waals surface area contributed by atoms with Gasteiger partial charge in [-0.25, -0.2) is 0 Å². The van der Waals surface area contributed by atoms with Crippen LogP contribution in [0.1, 0.15) is 20.8 Å². The molecule has 0 heterocycles. The Balaban J connectivity index is 3.22. The van der Waals surface area contributed by atoms with Crippen LogP contribution in [-0.4, -0.2) is 23.9 Å². The first-order valence-corrected chi connectivity index (χ1v) is 5.52. The van der Waals surface area contributed by atoms with Gasteiger partial charge < -0.3 is 9.47 Å². The van der Waals surface area contributed by atoms with Gasteiger partial charge in [0.2, 0.25) is 0 Å². The summed E-state index contributed by atoms with van der Waals surface area (Å²) >= 11 is 2.36. The van der Waals surface area contributed by atoms with Crippen LogP contribution >= 0.6 is 22.6 Å². The molecular formula is C8H17IO2. The molecule has 0 fully saturated rings. The zero-order chi connectivity index (χ0) is 8.69. The maximum atomic E-state index is 5.41. The van der Waals surface area contributed by atoms with Crippen LogP contribution < -0.4 is 0 Å². The Morgan fingerprint density at radius 2 is 1.91 bits per heavy atom. The van der Waals surface area contributed by atoms with E-state index in [1.165, 1.54) is 0 Å². The summed E-state index contributed by atoms with van der Waals surface area (Å²) in [5.41, 5.74) is 0. The molecule has 3 heteroatoms. The van der Waals surface area contributed by atoms with Crippen molar-refractivity contribution >= 4 is 22.6 Å². The maximum absolute atomic E-state index is 5.41. The molecule has 68 valence electrons. The summed E-state index contributed by atoms with van der Waals surface area (Å²) in [6.45, 7) is 7.60. The van der Waals surface area contributed by atoms with E-state index in [9.17, 15) is 0 Å². The third-order valence-corrected chi connectivity index (χ3v) is 2.78. The van der Waals surface area contributed by atoms with Gasteiger partial charge >= 0.3 is 0 Å². The molecule has 2 atom stereocenters. The summed E-state index contributed by atoms with van der Waals surface area (Å²) < 4.78 is 11.8. The van der Waals surface area contributed by atoms with Crippen molar-refractivity contribution in [1.82, 2.24) is 0 Å². The van der Waals surface area contributed by atoms with Gasteiger partial charge in [-0.1, -0.05) is 29.5 Å². The lowest BCUT2D eigenvalue weighted by Gasteiger charge is -2.15. The van der Waals surface area contributed by atoms with Crippen LogP contribution in [0.15, 0.2) is 0 Å². The van der Waals surface area contributed by atoms with Gasteiger partial charge in [0.15, 0.2) is 6.29 Å². The van der Waals surface area contributed by atoms with Gasteiger partial charge in [0.25, 0.3) is 0 Å². The van der Waals surface area contributed by atoms with Crippen LogP contribution in [0.4, 0.5) is 0 Å². The summed E-state index contributed by atoms with van der Waals surface area (Å²) in [5.74, 6) is 0.624. The minimum atomic E-state index is -0.0506. The zero-order valence-corrected chi connectivity index (χ0v) is 9.63. The molecule has 0 aromatic heterocycles. The standard InChI is InChI=1S/C8H17IO2/c1-4-10-8(3)11-6-7(2)5-9/h7-8H,4-6H2,1-3H3/t7-,8?/m1/s1. The summed E-state index contributed by atoms with van der Waals surface area (Å²) in [6.07, 6.45) is -0.0506. The van der Waals surface area contributed by atoms with E-state index in [2.05, 4.69) is 29.5 Å². The Bertz CT molecular complexity index is 88.2. The van der Waals surface area contributed by atoms with E-state index < -0.39 is 0 Å². The van der Waals surface area contributed by atoms with Crippen LogP contribution in [0.2, 0.25) is 0 Å². The molecule has 1 unspecified atom stereocenters. The smallest absolute Gasteiger partial charge is 0.154 e. The molecule has 0 bridgehead atoms. The third-order valence-electron chi connectivity index (χ3n) is 1.28. The summed E-state index contributed by atoms with van der Waals surface area (Å²) in [7, 11) is 0. The molecule has 0 aliphatic carbocycles. The molecule has 0 aromatic carbocycles. The van der Waals surface area contributed by atoms with E-state index in [0.717, 1.165) is 17.6 Å². The molecule has 0 N–H and O–H groups in total. The van der Waals surface area contributed by atoms with E-state index in [4.69, 9.17) is 9.47 Å². The highest BCUT2D eigenvalue weighted by molar-refractivity contribution is 14.1. The average Bonchev–Trinajstić information content (AvgIpc) is 2.01. The minimum absolute atomic E-state index is 0.0506. The largest absolute Gasteiger partial charge is 0.353 e. The number of halogens is 1. The molecule has 0 saturated heterocycles. The summed E-state index contributed by atoms with van der Waals surface area (Å²) in [5, 5.41) is 0. The molecule has 0 aromatic rings. The molecule has 0 saturated carbocycles. The lowest BCUT2D eigenvalue weighted by atomic mass is 10.2. The molecule has 0 radical (unpaired) electrons. The fourth-order valence-corrected chi connectivity index (χ4v) is 0.881. The zero-order valence-electron chi connectivity index (χ0n) is 7.47. The molecule has 2 nitrogen and oxygen atoms in total. The summed E-state index contributed by atoms with van der Waals surface area (Å²) in [4.78, 5) is 0. The second kappa shape index (κ2) is 7.31. The Labute approximate surface area is 82.8 Å². The predicted octanol–water partition coefficient (Wildman–Crippen LogP) is 2.46. The van der Waals surface area contributed by atoms with Crippen molar-refractivity contribution in [1.29, 1.82) is 0 Å². The highest BCUT2D eigenvalue weighted by atomic mass is 127. The van der Waals surface area contributed by atoms with Crippen molar-refractivity contribution in [3.8, 4) is 0 Å². The van der Waals surface area contributed by atoms with Crippen molar-refractivity contribution in [3.05, 3.63) is 0 Å². The van der Waals surface area contributed by atoms with E-state index in [0.29, 0.717) is 5.92 Å². The van der Waals surface area contributed by atoms with Crippen LogP contribution in [-0.2, 0) is 9.47 Å². The van der Waals surface area contributed by atoms with E-state index >= 15 is 0 Å². The second-order valence-corrected chi connectivity index (χ2v) is 3.50. The maximum Gasteiger partial charge on any atom is 0.154 e. The van der Waals surface area contributed by atoms with Gasteiger partial charge in [-0.2, -0.15) is 0 Å². The van der Waals surface area contributed by atoms with Gasteiger partial charge in [0.05, 0.1) is 6.61 Å².